The van der Waals surface area contributed by atoms with E-state index in [1.807, 2.05) is 17.9 Å². The van der Waals surface area contributed by atoms with Crippen LogP contribution in [0.5, 0.6) is 11.5 Å². The molecule has 1 aromatic heterocycles. The van der Waals surface area contributed by atoms with Crippen molar-refractivity contribution >= 4 is 5.91 Å². The minimum absolute atomic E-state index is 0.0150. The summed E-state index contributed by atoms with van der Waals surface area (Å²) in [5, 5.41) is 22.8. The van der Waals surface area contributed by atoms with Gasteiger partial charge in [0.25, 0.3) is 5.56 Å². The maximum Gasteiger partial charge on any atom is 0.254 e. The van der Waals surface area contributed by atoms with Crippen molar-refractivity contribution in [3.8, 4) is 22.6 Å². The van der Waals surface area contributed by atoms with Crippen LogP contribution in [0.2, 0.25) is 0 Å². The number of likely N-dealkylation sites (tertiary alicyclic amines) is 1. The van der Waals surface area contributed by atoms with Gasteiger partial charge in [0.2, 0.25) is 5.91 Å². The van der Waals surface area contributed by atoms with E-state index in [1.54, 1.807) is 38.1 Å². The smallest absolute Gasteiger partial charge is 0.254 e. The average Bonchev–Trinajstić information content (AvgIpc) is 2.99. The van der Waals surface area contributed by atoms with Gasteiger partial charge in [-0.1, -0.05) is 12.1 Å². The normalized spacial score (nSPS) is 18.4. The number of aryl methyl sites for hydroxylation is 3. The summed E-state index contributed by atoms with van der Waals surface area (Å²) in [4.78, 5) is 30.0. The molecule has 0 saturated carbocycles. The second kappa shape index (κ2) is 13.0. The van der Waals surface area contributed by atoms with E-state index in [2.05, 4.69) is 5.32 Å². The van der Waals surface area contributed by atoms with Gasteiger partial charge in [0.1, 0.15) is 35.3 Å². The lowest BCUT2D eigenvalue weighted by atomic mass is 9.92. The highest BCUT2D eigenvalue weighted by Gasteiger charge is 2.33. The molecule has 1 amide bonds. The van der Waals surface area contributed by atoms with Crippen LogP contribution in [0.25, 0.3) is 11.1 Å². The number of aliphatic hydroxyl groups excluding tert-OH is 1. The van der Waals surface area contributed by atoms with Gasteiger partial charge in [-0.15, -0.1) is 0 Å². The fourth-order valence-corrected chi connectivity index (χ4v) is 6.48. The maximum absolute atomic E-state index is 15.9. The number of alkyl halides is 1. The van der Waals surface area contributed by atoms with Crippen LogP contribution in [0.15, 0.2) is 65.6 Å². The molecule has 11 heteroatoms. The van der Waals surface area contributed by atoms with Crippen molar-refractivity contribution in [3.05, 3.63) is 116 Å². The molecule has 2 atom stereocenters. The second-order valence-corrected chi connectivity index (χ2v) is 12.5. The highest BCUT2D eigenvalue weighted by atomic mass is 19.1. The fraction of sp³-hybridized carbons (Fsp3) is 0.333. The molecule has 2 aliphatic rings. The van der Waals surface area contributed by atoms with Crippen molar-refractivity contribution in [3.63, 3.8) is 0 Å². The van der Waals surface area contributed by atoms with E-state index >= 15 is 8.78 Å². The second-order valence-electron chi connectivity index (χ2n) is 12.5. The molecule has 8 nitrogen and oxygen atoms in total. The zero-order chi connectivity index (χ0) is 33.6. The molecule has 4 bridgehead atoms. The van der Waals surface area contributed by atoms with Crippen LogP contribution < -0.4 is 15.6 Å². The number of ether oxygens (including phenoxy) is 1. The van der Waals surface area contributed by atoms with Crippen molar-refractivity contribution in [1.29, 1.82) is 0 Å². The molecule has 47 heavy (non-hydrogen) atoms. The molecule has 3 heterocycles. The Bertz CT molecular complexity index is 1900. The minimum Gasteiger partial charge on any atom is -0.457 e. The van der Waals surface area contributed by atoms with Crippen LogP contribution in [-0.2, 0) is 11.2 Å². The van der Waals surface area contributed by atoms with Gasteiger partial charge >= 0.3 is 0 Å². The predicted molar refractivity (Wildman–Crippen MR) is 170 cm³/mol. The van der Waals surface area contributed by atoms with Crippen LogP contribution in [0.1, 0.15) is 51.9 Å². The molecule has 3 N–H and O–H groups in total. The molecular formula is C36H36F3N3O5. The van der Waals surface area contributed by atoms with Crippen molar-refractivity contribution in [1.82, 2.24) is 14.8 Å². The van der Waals surface area contributed by atoms with Gasteiger partial charge in [-0.25, -0.2) is 13.2 Å². The summed E-state index contributed by atoms with van der Waals surface area (Å²) in [7, 11) is 0. The van der Waals surface area contributed by atoms with Crippen LogP contribution in [0.3, 0.4) is 0 Å². The third-order valence-electron chi connectivity index (χ3n) is 8.87. The summed E-state index contributed by atoms with van der Waals surface area (Å²) in [5.41, 5.74) is 2.48. The van der Waals surface area contributed by atoms with E-state index in [-0.39, 0.29) is 22.4 Å². The van der Waals surface area contributed by atoms with E-state index in [4.69, 9.17) is 4.74 Å². The quantitative estimate of drug-likeness (QED) is 0.250. The molecular weight excluding hydrogens is 611 g/mol. The lowest BCUT2D eigenvalue weighted by molar-refractivity contribution is -0.125. The third kappa shape index (κ3) is 6.56. The summed E-state index contributed by atoms with van der Waals surface area (Å²) in [6.45, 7) is 6.18. The van der Waals surface area contributed by atoms with Crippen molar-refractivity contribution in [2.24, 2.45) is 0 Å². The topological polar surface area (TPSA) is 104 Å². The average molecular weight is 648 g/mol. The Kier molecular flexibility index (Phi) is 8.97. The molecule has 0 radical (unpaired) electrons. The van der Waals surface area contributed by atoms with E-state index in [0.717, 1.165) is 16.2 Å². The molecule has 6 rings (SSSR count). The number of pyridine rings is 1. The number of carbonyl (C=O) groups excluding carboxylic acids is 1. The summed E-state index contributed by atoms with van der Waals surface area (Å²) in [5.74, 6) is -1.73. The molecule has 0 spiro atoms. The summed E-state index contributed by atoms with van der Waals surface area (Å²) in [6, 6.07) is 11.3. The standard InChI is InChI=1S/C36H36F3N3O5/c1-19-5-4-6-30-32(19)23-12-20(2)33(39)27(13-23)29(15-31(43)44)40-35(45)34(26-14-25(47-30)7-8-28(26)38)42-16-22(11-21(3)36(42)46)9-10-41-17-24(37)18-41/h4-8,11-14,16,24,29,31,34,43-44H,9-10,15,17-18H2,1-3H3,(H,40,45)/t29-,34+/m0/s1. The van der Waals surface area contributed by atoms with E-state index < -0.39 is 54.1 Å². The maximum atomic E-state index is 15.9. The fourth-order valence-electron chi connectivity index (χ4n) is 6.48. The first-order chi connectivity index (χ1) is 22.4. The molecule has 1 saturated heterocycles. The number of carbonyl (C=O) groups is 1. The molecule has 4 aromatic rings. The number of aromatic nitrogens is 1. The van der Waals surface area contributed by atoms with Gasteiger partial charge in [-0.05, 0) is 91.9 Å². The Hall–Kier alpha value is -4.45. The molecule has 2 aliphatic heterocycles. The lowest BCUT2D eigenvalue weighted by Gasteiger charge is -2.34. The minimum atomic E-state index is -1.94. The van der Waals surface area contributed by atoms with Gasteiger partial charge in [-0.3, -0.25) is 19.1 Å². The van der Waals surface area contributed by atoms with E-state index in [9.17, 15) is 24.2 Å². The molecule has 246 valence electrons. The van der Waals surface area contributed by atoms with Crippen molar-refractivity contribution < 1.29 is 32.9 Å². The Morgan fingerprint density at radius 2 is 1.72 bits per heavy atom. The van der Waals surface area contributed by atoms with Crippen molar-refractivity contribution in [2.45, 2.75) is 58.2 Å². The van der Waals surface area contributed by atoms with Crippen LogP contribution in [0, 0.1) is 32.4 Å². The number of nitrogens with one attached hydrogen (secondary N) is 1. The highest BCUT2D eigenvalue weighted by molar-refractivity contribution is 5.85. The van der Waals surface area contributed by atoms with E-state index in [1.165, 1.54) is 24.4 Å². The summed E-state index contributed by atoms with van der Waals surface area (Å²) < 4.78 is 52.6. The number of aliphatic hydroxyl groups is 2. The van der Waals surface area contributed by atoms with Crippen LogP contribution >= 0.6 is 0 Å². The van der Waals surface area contributed by atoms with Gasteiger partial charge in [0, 0.05) is 54.5 Å². The van der Waals surface area contributed by atoms with Crippen LogP contribution in [0.4, 0.5) is 13.2 Å². The van der Waals surface area contributed by atoms with Gasteiger partial charge in [0.05, 0.1) is 6.04 Å². The lowest BCUT2D eigenvalue weighted by Crippen LogP contribution is -2.49. The monoisotopic (exact) mass is 647 g/mol. The van der Waals surface area contributed by atoms with Gasteiger partial charge in [-0.2, -0.15) is 0 Å². The summed E-state index contributed by atoms with van der Waals surface area (Å²) >= 11 is 0. The first kappa shape index (κ1) is 32.5. The first-order valence-electron chi connectivity index (χ1n) is 15.5. The Morgan fingerprint density at radius 1 is 0.957 bits per heavy atom. The number of hydrogen-bond donors (Lipinski definition) is 3. The number of benzene rings is 3. The highest BCUT2D eigenvalue weighted by Crippen LogP contribution is 2.40. The Balaban J connectivity index is 1.55. The summed E-state index contributed by atoms with van der Waals surface area (Å²) in [6.07, 6.45) is -1.37. The van der Waals surface area contributed by atoms with Gasteiger partial charge < -0.3 is 20.3 Å². The Morgan fingerprint density at radius 3 is 2.45 bits per heavy atom. The number of rotatable bonds is 6. The molecule has 0 unspecified atom stereocenters. The third-order valence-corrected chi connectivity index (χ3v) is 8.87. The largest absolute Gasteiger partial charge is 0.457 e. The molecule has 1 fully saturated rings. The Labute approximate surface area is 270 Å². The zero-order valence-electron chi connectivity index (χ0n) is 26.3. The number of fused-ring (bicyclic) bond motifs is 6. The molecule has 3 aromatic carbocycles. The van der Waals surface area contributed by atoms with E-state index in [0.29, 0.717) is 54.1 Å². The van der Waals surface area contributed by atoms with Crippen molar-refractivity contribution in [2.75, 3.05) is 19.6 Å². The zero-order valence-corrected chi connectivity index (χ0v) is 26.3. The number of nitrogens with zero attached hydrogens (tertiary/aromatic N) is 2. The number of hydrogen-bond acceptors (Lipinski definition) is 6. The first-order valence-corrected chi connectivity index (χ1v) is 15.5. The number of amides is 1. The van der Waals surface area contributed by atoms with Gasteiger partial charge in [0.15, 0.2) is 6.29 Å². The number of halogens is 3. The molecule has 0 aliphatic carbocycles. The van der Waals surface area contributed by atoms with Crippen LogP contribution in [-0.4, -0.2) is 57.7 Å². The SMILES string of the molecule is Cc1cc2cc(c1F)[C@H](CC(O)O)NC(=O)[C@H](n1cc(CCN3CC(F)C3)cc(C)c1=O)c1cc(ccc1F)Oc1cccc(C)c1-2. The predicted octanol–water partition coefficient (Wildman–Crippen LogP) is 5.17.